The second-order valence-corrected chi connectivity index (χ2v) is 15.3. The van der Waals surface area contributed by atoms with Crippen LogP contribution in [-0.4, -0.2) is 9.97 Å². The molecule has 0 atom stereocenters. The molecule has 0 fully saturated rings. The van der Waals surface area contributed by atoms with Crippen molar-refractivity contribution in [3.63, 3.8) is 0 Å². The van der Waals surface area contributed by atoms with Gasteiger partial charge in [0.15, 0.2) is 5.82 Å². The third kappa shape index (κ3) is 4.88. The van der Waals surface area contributed by atoms with Gasteiger partial charge in [0.25, 0.3) is 0 Å². The van der Waals surface area contributed by atoms with Crippen molar-refractivity contribution < 1.29 is 0 Å². The summed E-state index contributed by atoms with van der Waals surface area (Å²) in [4.78, 5) is 10.2. The van der Waals surface area contributed by atoms with Gasteiger partial charge in [-0.25, -0.2) is 9.97 Å². The fraction of sp³-hybridized carbons (Fsp3) is 0.0566. The summed E-state index contributed by atoms with van der Waals surface area (Å²) >= 11 is 0. The first-order valence-electron chi connectivity index (χ1n) is 19.1. The molecule has 2 nitrogen and oxygen atoms in total. The van der Waals surface area contributed by atoms with Gasteiger partial charge in [0.05, 0.1) is 11.4 Å². The van der Waals surface area contributed by atoms with Gasteiger partial charge in [-0.2, -0.15) is 0 Å². The molecule has 0 saturated heterocycles. The number of rotatable bonds is 4. The lowest BCUT2D eigenvalue weighted by atomic mass is 9.77. The molecule has 11 rings (SSSR count). The van der Waals surface area contributed by atoms with Crippen LogP contribution >= 0.6 is 0 Å². The minimum atomic E-state index is -0.155. The fourth-order valence-electron chi connectivity index (χ4n) is 9.32. The quantitative estimate of drug-likeness (QED) is 0.171. The molecule has 0 amide bonds. The standard InChI is InChI=1S/C53H36N2/c1-53(2)50-40-29-27-37(31-38(40)28-30-46(50)49-44-20-10-8-18-41(44)42-19-9-11-21-45(42)51(49)53)33-23-25-35(26-24-33)47-32-48(55-52(54-47)36-14-4-3-5-15-36)43-22-12-16-34-13-6-7-17-39(34)43/h3-32H,1-2H3. The topological polar surface area (TPSA) is 25.8 Å². The molecule has 1 heterocycles. The van der Waals surface area contributed by atoms with Gasteiger partial charge in [-0.05, 0) is 88.6 Å². The van der Waals surface area contributed by atoms with Gasteiger partial charge >= 0.3 is 0 Å². The predicted molar refractivity (Wildman–Crippen MR) is 231 cm³/mol. The van der Waals surface area contributed by atoms with Crippen molar-refractivity contribution in [3.8, 4) is 56.2 Å². The molecule has 0 N–H and O–H groups in total. The molecule has 1 aliphatic rings. The van der Waals surface area contributed by atoms with Crippen molar-refractivity contribution >= 4 is 43.1 Å². The van der Waals surface area contributed by atoms with E-state index in [0.717, 1.165) is 33.9 Å². The van der Waals surface area contributed by atoms with E-state index >= 15 is 0 Å². The molecule has 258 valence electrons. The minimum absolute atomic E-state index is 0.155. The van der Waals surface area contributed by atoms with E-state index in [0.29, 0.717) is 0 Å². The Kier molecular flexibility index (Phi) is 6.93. The highest BCUT2D eigenvalue weighted by Gasteiger charge is 2.39. The van der Waals surface area contributed by atoms with Crippen LogP contribution < -0.4 is 0 Å². The van der Waals surface area contributed by atoms with Crippen molar-refractivity contribution in [2.24, 2.45) is 0 Å². The second-order valence-electron chi connectivity index (χ2n) is 15.3. The number of fused-ring (bicyclic) bond motifs is 11. The molecular weight excluding hydrogens is 665 g/mol. The molecule has 0 saturated carbocycles. The number of aromatic nitrogens is 2. The third-order valence-electron chi connectivity index (χ3n) is 11.8. The smallest absolute Gasteiger partial charge is 0.160 e. The lowest BCUT2D eigenvalue weighted by molar-refractivity contribution is 0.672. The van der Waals surface area contributed by atoms with Gasteiger partial charge in [-0.3, -0.25) is 0 Å². The summed E-state index contributed by atoms with van der Waals surface area (Å²) in [6.07, 6.45) is 0. The zero-order valence-corrected chi connectivity index (χ0v) is 30.7. The number of nitrogens with zero attached hydrogens (tertiary/aromatic N) is 2. The zero-order chi connectivity index (χ0) is 36.7. The number of hydrogen-bond acceptors (Lipinski definition) is 2. The molecule has 0 spiro atoms. The van der Waals surface area contributed by atoms with E-state index in [-0.39, 0.29) is 5.41 Å². The highest BCUT2D eigenvalue weighted by Crippen LogP contribution is 2.56. The van der Waals surface area contributed by atoms with Crippen LogP contribution in [0.25, 0.3) is 99.2 Å². The van der Waals surface area contributed by atoms with Crippen molar-refractivity contribution in [3.05, 3.63) is 193 Å². The molecule has 0 radical (unpaired) electrons. The van der Waals surface area contributed by atoms with E-state index in [4.69, 9.17) is 9.97 Å². The largest absolute Gasteiger partial charge is 0.228 e. The Morgan fingerprint density at radius 1 is 0.345 bits per heavy atom. The Morgan fingerprint density at radius 3 is 1.76 bits per heavy atom. The summed E-state index contributed by atoms with van der Waals surface area (Å²) in [7, 11) is 0. The van der Waals surface area contributed by atoms with Crippen LogP contribution in [0, 0.1) is 0 Å². The highest BCUT2D eigenvalue weighted by molar-refractivity contribution is 6.19. The van der Waals surface area contributed by atoms with E-state index in [1.54, 1.807) is 0 Å². The lowest BCUT2D eigenvalue weighted by Crippen LogP contribution is -2.16. The van der Waals surface area contributed by atoms with Gasteiger partial charge in [0.1, 0.15) is 0 Å². The van der Waals surface area contributed by atoms with Crippen LogP contribution in [0.15, 0.2) is 182 Å². The lowest BCUT2D eigenvalue weighted by Gasteiger charge is -2.25. The summed E-state index contributed by atoms with van der Waals surface area (Å²) < 4.78 is 0. The van der Waals surface area contributed by atoms with E-state index in [2.05, 4.69) is 178 Å². The zero-order valence-electron chi connectivity index (χ0n) is 30.7. The summed E-state index contributed by atoms with van der Waals surface area (Å²) in [5, 5.41) is 10.3. The van der Waals surface area contributed by atoms with E-state index in [1.165, 1.54) is 76.5 Å². The Labute approximate surface area is 320 Å². The van der Waals surface area contributed by atoms with Crippen LogP contribution in [0.4, 0.5) is 0 Å². The van der Waals surface area contributed by atoms with Crippen molar-refractivity contribution in [1.82, 2.24) is 9.97 Å². The number of hydrogen-bond donors (Lipinski definition) is 0. The Hall–Kier alpha value is -6.90. The molecule has 9 aromatic carbocycles. The summed E-state index contributed by atoms with van der Waals surface area (Å²) in [5.41, 5.74) is 12.8. The first kappa shape index (κ1) is 31.6. The summed E-state index contributed by atoms with van der Waals surface area (Å²) in [5.74, 6) is 0.721. The van der Waals surface area contributed by atoms with Gasteiger partial charge in [-0.15, -0.1) is 0 Å². The maximum absolute atomic E-state index is 5.11. The Balaban J connectivity index is 1.00. The Bertz CT molecular complexity index is 3150. The highest BCUT2D eigenvalue weighted by atomic mass is 14.9. The van der Waals surface area contributed by atoms with Crippen LogP contribution in [0.1, 0.15) is 25.0 Å². The van der Waals surface area contributed by atoms with E-state index < -0.39 is 0 Å². The molecule has 55 heavy (non-hydrogen) atoms. The van der Waals surface area contributed by atoms with Crippen LogP contribution in [0.5, 0.6) is 0 Å². The molecule has 1 aliphatic carbocycles. The third-order valence-corrected chi connectivity index (χ3v) is 11.8. The first-order chi connectivity index (χ1) is 27.0. The molecule has 10 aromatic rings. The van der Waals surface area contributed by atoms with Gasteiger partial charge < -0.3 is 0 Å². The summed E-state index contributed by atoms with van der Waals surface area (Å²) in [6, 6.07) is 65.7. The Morgan fingerprint density at radius 2 is 0.964 bits per heavy atom. The maximum Gasteiger partial charge on any atom is 0.160 e. The van der Waals surface area contributed by atoms with Gasteiger partial charge in [0, 0.05) is 22.1 Å². The fourth-order valence-corrected chi connectivity index (χ4v) is 9.32. The molecule has 0 bridgehead atoms. The van der Waals surface area contributed by atoms with Crippen LogP contribution in [-0.2, 0) is 5.41 Å². The molecule has 0 aliphatic heterocycles. The number of benzene rings is 9. The monoisotopic (exact) mass is 700 g/mol. The van der Waals surface area contributed by atoms with Crippen molar-refractivity contribution in [1.29, 1.82) is 0 Å². The molecule has 2 heteroatoms. The first-order valence-corrected chi connectivity index (χ1v) is 19.1. The molecular formula is C53H36N2. The summed E-state index contributed by atoms with van der Waals surface area (Å²) in [6.45, 7) is 4.82. The average molecular weight is 701 g/mol. The minimum Gasteiger partial charge on any atom is -0.228 e. The van der Waals surface area contributed by atoms with E-state index in [9.17, 15) is 0 Å². The molecule has 0 unspecified atom stereocenters. The van der Waals surface area contributed by atoms with Gasteiger partial charge in [0.2, 0.25) is 0 Å². The van der Waals surface area contributed by atoms with Gasteiger partial charge in [-0.1, -0.05) is 184 Å². The van der Waals surface area contributed by atoms with Crippen molar-refractivity contribution in [2.75, 3.05) is 0 Å². The maximum atomic E-state index is 5.11. The average Bonchev–Trinajstić information content (AvgIpc) is 3.50. The van der Waals surface area contributed by atoms with Crippen molar-refractivity contribution in [2.45, 2.75) is 19.3 Å². The van der Waals surface area contributed by atoms with E-state index in [1.807, 2.05) is 18.2 Å². The predicted octanol–water partition coefficient (Wildman–Crippen LogP) is 14.1. The SMILES string of the molecule is CC1(C)c2c(ccc3cc(-c4ccc(-c5cc(-c6cccc7ccccc67)nc(-c6ccccc6)n5)cc4)ccc23)-c2c1c1ccccc1c1ccccc21. The second kappa shape index (κ2) is 12.1. The molecule has 1 aromatic heterocycles. The van der Waals surface area contributed by atoms with Crippen LogP contribution in [0.2, 0.25) is 0 Å². The normalized spacial score (nSPS) is 13.1. The van der Waals surface area contributed by atoms with Crippen LogP contribution in [0.3, 0.4) is 0 Å².